The number of nitrogens with zero attached hydrogens (tertiary/aromatic N) is 4. The minimum atomic E-state index is -4.72. The van der Waals surface area contributed by atoms with Gasteiger partial charge in [0.1, 0.15) is 12.3 Å². The Labute approximate surface area is 210 Å². The van der Waals surface area contributed by atoms with Crippen LogP contribution in [0.4, 0.5) is 13.2 Å². The summed E-state index contributed by atoms with van der Waals surface area (Å²) in [5, 5.41) is 4.21. The third-order valence-corrected chi connectivity index (χ3v) is 7.04. The number of thioether (sulfide) groups is 1. The standard InChI is InChI=1S/C22H23F3N4O4S.C2H6/c1-4-14-15(5-2)28(3)21(31)29(20(14)30)11-18-26-17(27-33-18)10-16-19(34-16)12-6-8-13(9-7-12)32-22(23,24)25;1-2/h6-9,16,19H,4-5,10-11H2,1-3H3;1-2H3. The maximum absolute atomic E-state index is 12.8. The molecule has 8 nitrogen and oxygen atoms in total. The van der Waals surface area contributed by atoms with Crippen LogP contribution in [0.3, 0.4) is 0 Å². The van der Waals surface area contributed by atoms with E-state index in [0.29, 0.717) is 30.7 Å². The van der Waals surface area contributed by atoms with Gasteiger partial charge in [0.2, 0.25) is 5.89 Å². The largest absolute Gasteiger partial charge is 0.573 e. The highest BCUT2D eigenvalue weighted by atomic mass is 32.2. The number of aromatic nitrogens is 4. The molecule has 1 aliphatic rings. The first-order valence-corrected chi connectivity index (χ1v) is 12.7. The zero-order valence-electron chi connectivity index (χ0n) is 20.8. The van der Waals surface area contributed by atoms with Crippen LogP contribution in [-0.2, 0) is 32.9 Å². The van der Waals surface area contributed by atoms with Gasteiger partial charge in [-0.3, -0.25) is 9.36 Å². The number of alkyl halides is 3. The van der Waals surface area contributed by atoms with Crippen LogP contribution in [-0.4, -0.2) is 30.9 Å². The van der Waals surface area contributed by atoms with E-state index in [1.807, 2.05) is 27.7 Å². The molecule has 1 fully saturated rings. The van der Waals surface area contributed by atoms with Crippen molar-refractivity contribution in [1.29, 1.82) is 0 Å². The molecule has 2 unspecified atom stereocenters. The predicted octanol–water partition coefficient (Wildman–Crippen LogP) is 4.43. The van der Waals surface area contributed by atoms with Crippen molar-refractivity contribution in [2.75, 3.05) is 0 Å². The second kappa shape index (κ2) is 11.4. The Bertz CT molecular complexity index is 1300. The molecule has 2 aromatic heterocycles. The highest BCUT2D eigenvalue weighted by Gasteiger charge is 2.40. The lowest BCUT2D eigenvalue weighted by Crippen LogP contribution is -2.42. The van der Waals surface area contributed by atoms with Crippen LogP contribution in [0.5, 0.6) is 5.75 Å². The summed E-state index contributed by atoms with van der Waals surface area (Å²) in [5.74, 6) is 0.343. The van der Waals surface area contributed by atoms with Crippen molar-refractivity contribution < 1.29 is 22.4 Å². The van der Waals surface area contributed by atoms with Crippen LogP contribution in [0, 0.1) is 0 Å². The molecule has 0 aliphatic carbocycles. The molecule has 1 saturated heterocycles. The molecule has 0 spiro atoms. The fourth-order valence-electron chi connectivity index (χ4n) is 4.02. The monoisotopic (exact) mass is 526 g/mol. The SMILES string of the molecule is CC.CCc1c(CC)n(C)c(=O)n(Cc2nc(CC3SC3c3ccc(OC(F)(F)F)cc3)no2)c1=O. The van der Waals surface area contributed by atoms with Gasteiger partial charge in [0.25, 0.3) is 5.56 Å². The quantitative estimate of drug-likeness (QED) is 0.401. The van der Waals surface area contributed by atoms with E-state index < -0.39 is 12.1 Å². The van der Waals surface area contributed by atoms with Crippen LogP contribution in [0.15, 0.2) is 38.4 Å². The maximum atomic E-state index is 12.8. The lowest BCUT2D eigenvalue weighted by molar-refractivity contribution is -0.274. The lowest BCUT2D eigenvalue weighted by atomic mass is 10.1. The Kier molecular flexibility index (Phi) is 8.70. The van der Waals surface area contributed by atoms with Gasteiger partial charge >= 0.3 is 12.1 Å². The fraction of sp³-hybridized carbons (Fsp3) is 0.500. The summed E-state index contributed by atoms with van der Waals surface area (Å²) in [7, 11) is 1.64. The van der Waals surface area contributed by atoms with Crippen molar-refractivity contribution >= 4 is 11.8 Å². The minimum Gasteiger partial charge on any atom is -0.406 e. The average molecular weight is 527 g/mol. The summed E-state index contributed by atoms with van der Waals surface area (Å²) in [5.41, 5.74) is 1.40. The minimum absolute atomic E-state index is 0.102. The van der Waals surface area contributed by atoms with E-state index in [4.69, 9.17) is 4.52 Å². The van der Waals surface area contributed by atoms with Gasteiger partial charge in [0.05, 0.1) is 0 Å². The summed E-state index contributed by atoms with van der Waals surface area (Å²) in [6.07, 6.45) is -3.15. The Morgan fingerprint density at radius 2 is 1.78 bits per heavy atom. The van der Waals surface area contributed by atoms with Gasteiger partial charge in [-0.15, -0.1) is 24.9 Å². The van der Waals surface area contributed by atoms with Gasteiger partial charge in [-0.25, -0.2) is 4.79 Å². The van der Waals surface area contributed by atoms with E-state index in [2.05, 4.69) is 14.9 Å². The number of hydrogen-bond acceptors (Lipinski definition) is 7. The summed E-state index contributed by atoms with van der Waals surface area (Å²) in [4.78, 5) is 29.9. The maximum Gasteiger partial charge on any atom is 0.573 e. The molecule has 12 heteroatoms. The Hall–Kier alpha value is -3.02. The Balaban J connectivity index is 0.00000176. The Morgan fingerprint density at radius 1 is 1.11 bits per heavy atom. The first-order valence-electron chi connectivity index (χ1n) is 11.8. The third kappa shape index (κ3) is 6.21. The molecule has 0 radical (unpaired) electrons. The van der Waals surface area contributed by atoms with Gasteiger partial charge in [-0.1, -0.05) is 45.0 Å². The van der Waals surface area contributed by atoms with E-state index >= 15 is 0 Å². The molecular weight excluding hydrogens is 497 g/mol. The van der Waals surface area contributed by atoms with Gasteiger partial charge in [0, 0.05) is 35.2 Å². The first kappa shape index (κ1) is 27.6. The van der Waals surface area contributed by atoms with Crippen LogP contribution in [0.2, 0.25) is 0 Å². The fourth-order valence-corrected chi connectivity index (χ4v) is 5.12. The lowest BCUT2D eigenvalue weighted by Gasteiger charge is -2.13. The molecule has 0 N–H and O–H groups in total. The highest BCUT2D eigenvalue weighted by molar-refractivity contribution is 8.07. The zero-order valence-corrected chi connectivity index (χ0v) is 21.6. The van der Waals surface area contributed by atoms with Gasteiger partial charge in [0.15, 0.2) is 5.82 Å². The van der Waals surface area contributed by atoms with Crippen LogP contribution >= 0.6 is 11.8 Å². The van der Waals surface area contributed by atoms with E-state index in [9.17, 15) is 22.8 Å². The number of ether oxygens (including phenoxy) is 1. The van der Waals surface area contributed by atoms with E-state index in [0.717, 1.165) is 15.8 Å². The van der Waals surface area contributed by atoms with Crippen molar-refractivity contribution in [1.82, 2.24) is 19.3 Å². The number of halogens is 3. The smallest absolute Gasteiger partial charge is 0.406 e. The van der Waals surface area contributed by atoms with Crippen molar-refractivity contribution in [3.8, 4) is 5.75 Å². The van der Waals surface area contributed by atoms with Crippen molar-refractivity contribution in [3.05, 3.63) is 73.6 Å². The van der Waals surface area contributed by atoms with Crippen molar-refractivity contribution in [2.45, 2.75) is 70.4 Å². The van der Waals surface area contributed by atoms with Crippen molar-refractivity contribution in [3.63, 3.8) is 0 Å². The summed E-state index contributed by atoms with van der Waals surface area (Å²) < 4.78 is 48.7. The van der Waals surface area contributed by atoms with Crippen LogP contribution in [0.25, 0.3) is 0 Å². The molecule has 4 rings (SSSR count). The number of hydrogen-bond donors (Lipinski definition) is 0. The summed E-state index contributed by atoms with van der Waals surface area (Å²) >= 11 is 1.64. The van der Waals surface area contributed by atoms with E-state index in [1.165, 1.54) is 16.7 Å². The van der Waals surface area contributed by atoms with E-state index in [1.54, 1.807) is 30.9 Å². The third-order valence-electron chi connectivity index (χ3n) is 5.67. The van der Waals surface area contributed by atoms with Crippen LogP contribution < -0.4 is 16.0 Å². The zero-order chi connectivity index (χ0) is 26.6. The van der Waals surface area contributed by atoms with Gasteiger partial charge < -0.3 is 13.8 Å². The molecule has 1 aliphatic heterocycles. The molecule has 2 atom stereocenters. The molecule has 3 heterocycles. The van der Waals surface area contributed by atoms with Gasteiger partial charge in [-0.05, 0) is 30.5 Å². The molecule has 0 amide bonds. The number of benzene rings is 1. The topological polar surface area (TPSA) is 92.2 Å². The number of rotatable bonds is 8. The molecule has 0 bridgehead atoms. The molecule has 196 valence electrons. The Morgan fingerprint density at radius 3 is 2.36 bits per heavy atom. The molecule has 1 aromatic carbocycles. The molecule has 36 heavy (non-hydrogen) atoms. The second-order valence-corrected chi connectivity index (χ2v) is 9.27. The summed E-state index contributed by atoms with van der Waals surface area (Å²) in [6, 6.07) is 5.79. The van der Waals surface area contributed by atoms with E-state index in [-0.39, 0.29) is 34.2 Å². The molecule has 3 aromatic rings. The van der Waals surface area contributed by atoms with Gasteiger partial charge in [-0.2, -0.15) is 4.98 Å². The highest BCUT2D eigenvalue weighted by Crippen LogP contribution is 2.56. The van der Waals surface area contributed by atoms with Crippen LogP contribution in [0.1, 0.15) is 61.5 Å². The average Bonchev–Trinajstić information content (AvgIpc) is 3.47. The van der Waals surface area contributed by atoms with Crippen molar-refractivity contribution in [2.24, 2.45) is 7.05 Å². The molecule has 0 saturated carbocycles. The molecular formula is C24H29F3N4O4S. The first-order chi connectivity index (χ1) is 17.1. The second-order valence-electron chi connectivity index (χ2n) is 7.89. The summed E-state index contributed by atoms with van der Waals surface area (Å²) in [6.45, 7) is 7.66. The normalized spacial score (nSPS) is 16.9. The predicted molar refractivity (Wildman–Crippen MR) is 130 cm³/mol.